The monoisotopic (exact) mass is 264 g/mol. The predicted molar refractivity (Wildman–Crippen MR) is 73.2 cm³/mol. The third-order valence-corrected chi connectivity index (χ3v) is 4.25. The Morgan fingerprint density at radius 1 is 1.50 bits per heavy atom. The number of nitrogens with one attached hydrogen (secondary N) is 2. The van der Waals surface area contributed by atoms with Gasteiger partial charge in [0.15, 0.2) is 0 Å². The van der Waals surface area contributed by atoms with Crippen LogP contribution in [-0.4, -0.2) is 36.8 Å². The third kappa shape index (κ3) is 2.07. The molecule has 0 amide bonds. The van der Waals surface area contributed by atoms with Crippen molar-refractivity contribution in [2.75, 3.05) is 32.1 Å². The molecule has 2 aromatic rings. The van der Waals surface area contributed by atoms with Crippen molar-refractivity contribution in [3.05, 3.63) is 16.8 Å². The van der Waals surface area contributed by atoms with Crippen LogP contribution in [0.5, 0.6) is 0 Å². The van der Waals surface area contributed by atoms with Gasteiger partial charge in [-0.25, -0.2) is 9.97 Å². The van der Waals surface area contributed by atoms with Crippen molar-refractivity contribution in [2.45, 2.75) is 13.0 Å². The van der Waals surface area contributed by atoms with Crippen molar-refractivity contribution in [3.8, 4) is 0 Å². The molecule has 2 aromatic heterocycles. The molecule has 0 aliphatic carbocycles. The van der Waals surface area contributed by atoms with Crippen LogP contribution >= 0.6 is 11.3 Å². The Bertz CT molecular complexity index is 554. The highest BCUT2D eigenvalue weighted by Gasteiger charge is 2.19. The maximum Gasteiger partial charge on any atom is 0.138 e. The fraction of sp³-hybridized carbons (Fsp3) is 0.500. The van der Waals surface area contributed by atoms with E-state index >= 15 is 0 Å². The average Bonchev–Trinajstić information content (AvgIpc) is 2.78. The van der Waals surface area contributed by atoms with Gasteiger partial charge >= 0.3 is 0 Å². The van der Waals surface area contributed by atoms with Crippen LogP contribution in [0, 0.1) is 0 Å². The van der Waals surface area contributed by atoms with Gasteiger partial charge in [-0.3, -0.25) is 0 Å². The lowest BCUT2D eigenvalue weighted by Crippen LogP contribution is -2.22. The van der Waals surface area contributed by atoms with Gasteiger partial charge in [0.2, 0.25) is 0 Å². The highest BCUT2D eigenvalue weighted by Crippen LogP contribution is 2.35. The first-order chi connectivity index (χ1) is 8.90. The minimum atomic E-state index is 0.680. The lowest BCUT2D eigenvalue weighted by atomic mass is 10.1. The predicted octanol–water partition coefficient (Wildman–Crippen LogP) is 1.40. The summed E-state index contributed by atoms with van der Waals surface area (Å²) in [6.45, 7) is 3.43. The maximum absolute atomic E-state index is 5.06. The number of fused-ring (bicyclic) bond motifs is 3. The second-order valence-electron chi connectivity index (χ2n) is 4.25. The van der Waals surface area contributed by atoms with E-state index in [1.54, 1.807) is 24.8 Å². The fourth-order valence-electron chi connectivity index (χ4n) is 2.26. The molecule has 1 aliphatic heterocycles. The standard InChI is InChI=1S/C12H16N4OS/c1-17-5-4-14-11-10-8-2-3-13-6-9(8)18-12(10)16-7-15-11/h7,13H,2-6H2,1H3,(H,14,15,16). The Kier molecular flexibility index (Phi) is 3.40. The van der Waals surface area contributed by atoms with Crippen molar-refractivity contribution in [1.82, 2.24) is 15.3 Å². The first-order valence-corrected chi connectivity index (χ1v) is 6.90. The molecule has 0 fully saturated rings. The largest absolute Gasteiger partial charge is 0.383 e. The Morgan fingerprint density at radius 2 is 2.44 bits per heavy atom. The van der Waals surface area contributed by atoms with Crippen LogP contribution in [0.3, 0.4) is 0 Å². The molecule has 1 aliphatic rings. The topological polar surface area (TPSA) is 59.1 Å². The molecule has 0 radical (unpaired) electrons. The number of anilines is 1. The summed E-state index contributed by atoms with van der Waals surface area (Å²) in [6, 6.07) is 0. The van der Waals surface area contributed by atoms with Gasteiger partial charge in [-0.1, -0.05) is 0 Å². The summed E-state index contributed by atoms with van der Waals surface area (Å²) in [5.41, 5.74) is 1.41. The van der Waals surface area contributed by atoms with E-state index in [0.717, 1.165) is 36.7 Å². The zero-order valence-electron chi connectivity index (χ0n) is 10.3. The van der Waals surface area contributed by atoms with Gasteiger partial charge in [0.25, 0.3) is 0 Å². The average molecular weight is 264 g/mol. The second-order valence-corrected chi connectivity index (χ2v) is 5.34. The molecule has 96 valence electrons. The highest BCUT2D eigenvalue weighted by atomic mass is 32.1. The van der Waals surface area contributed by atoms with Gasteiger partial charge < -0.3 is 15.4 Å². The van der Waals surface area contributed by atoms with E-state index in [1.165, 1.54) is 15.8 Å². The number of thiophene rings is 1. The quantitative estimate of drug-likeness (QED) is 0.817. The van der Waals surface area contributed by atoms with Gasteiger partial charge in [0, 0.05) is 25.1 Å². The minimum Gasteiger partial charge on any atom is -0.383 e. The zero-order chi connectivity index (χ0) is 12.4. The summed E-state index contributed by atoms with van der Waals surface area (Å²) >= 11 is 1.77. The number of methoxy groups -OCH3 is 1. The molecule has 6 heteroatoms. The SMILES string of the molecule is COCCNc1ncnc2sc3c(c12)CCNC3. The van der Waals surface area contributed by atoms with Crippen LogP contribution in [0.25, 0.3) is 10.2 Å². The molecule has 3 heterocycles. The van der Waals surface area contributed by atoms with Crippen molar-refractivity contribution >= 4 is 27.4 Å². The highest BCUT2D eigenvalue weighted by molar-refractivity contribution is 7.18. The smallest absolute Gasteiger partial charge is 0.138 e. The van der Waals surface area contributed by atoms with Gasteiger partial charge in [0.1, 0.15) is 17.0 Å². The number of hydrogen-bond acceptors (Lipinski definition) is 6. The van der Waals surface area contributed by atoms with Gasteiger partial charge in [-0.05, 0) is 18.5 Å². The summed E-state index contributed by atoms with van der Waals surface area (Å²) in [5.74, 6) is 0.941. The number of rotatable bonds is 4. The minimum absolute atomic E-state index is 0.680. The second kappa shape index (κ2) is 5.17. The van der Waals surface area contributed by atoms with E-state index < -0.39 is 0 Å². The van der Waals surface area contributed by atoms with E-state index in [-0.39, 0.29) is 0 Å². The maximum atomic E-state index is 5.06. The van der Waals surface area contributed by atoms with Crippen molar-refractivity contribution in [1.29, 1.82) is 0 Å². The van der Waals surface area contributed by atoms with Crippen LogP contribution in [0.15, 0.2) is 6.33 Å². The molecular weight excluding hydrogens is 248 g/mol. The van der Waals surface area contributed by atoms with Crippen LogP contribution in [0.4, 0.5) is 5.82 Å². The molecule has 0 spiro atoms. The molecule has 0 saturated carbocycles. The molecule has 3 rings (SSSR count). The van der Waals surface area contributed by atoms with Crippen molar-refractivity contribution < 1.29 is 4.74 Å². The van der Waals surface area contributed by atoms with E-state index in [4.69, 9.17) is 4.74 Å². The van der Waals surface area contributed by atoms with Gasteiger partial charge in [-0.2, -0.15) is 0 Å². The molecule has 0 saturated heterocycles. The zero-order valence-corrected chi connectivity index (χ0v) is 11.1. The number of ether oxygens (including phenoxy) is 1. The molecule has 0 aromatic carbocycles. The molecule has 5 nitrogen and oxygen atoms in total. The normalized spacial score (nSPS) is 14.7. The fourth-order valence-corrected chi connectivity index (χ4v) is 3.42. The van der Waals surface area contributed by atoms with Crippen LogP contribution in [-0.2, 0) is 17.7 Å². The summed E-state index contributed by atoms with van der Waals surface area (Å²) in [5, 5.41) is 7.93. The molecule has 2 N–H and O–H groups in total. The molecular formula is C12H16N4OS. The van der Waals surface area contributed by atoms with Gasteiger partial charge in [0.05, 0.1) is 12.0 Å². The lowest BCUT2D eigenvalue weighted by Gasteiger charge is -2.13. The molecule has 0 bridgehead atoms. The third-order valence-electron chi connectivity index (χ3n) is 3.11. The Hall–Kier alpha value is -1.24. The molecule has 0 atom stereocenters. The summed E-state index contributed by atoms with van der Waals surface area (Å²) in [4.78, 5) is 11.2. The lowest BCUT2D eigenvalue weighted by molar-refractivity contribution is 0.210. The van der Waals surface area contributed by atoms with E-state index in [9.17, 15) is 0 Å². The Morgan fingerprint density at radius 3 is 3.33 bits per heavy atom. The first-order valence-electron chi connectivity index (χ1n) is 6.09. The van der Waals surface area contributed by atoms with Crippen LogP contribution in [0.2, 0.25) is 0 Å². The van der Waals surface area contributed by atoms with Crippen LogP contribution < -0.4 is 10.6 Å². The molecule has 0 unspecified atom stereocenters. The first kappa shape index (κ1) is 11.8. The van der Waals surface area contributed by atoms with Crippen LogP contribution in [0.1, 0.15) is 10.4 Å². The summed E-state index contributed by atoms with van der Waals surface area (Å²) in [7, 11) is 1.70. The van der Waals surface area contributed by atoms with E-state index in [0.29, 0.717) is 6.61 Å². The van der Waals surface area contributed by atoms with Gasteiger partial charge in [-0.15, -0.1) is 11.3 Å². The molecule has 18 heavy (non-hydrogen) atoms. The number of hydrogen-bond donors (Lipinski definition) is 2. The Labute approximate surface area is 110 Å². The number of aromatic nitrogens is 2. The summed E-state index contributed by atoms with van der Waals surface area (Å²) < 4.78 is 5.06. The van der Waals surface area contributed by atoms with E-state index in [1.807, 2.05) is 0 Å². The number of nitrogens with zero attached hydrogens (tertiary/aromatic N) is 2. The van der Waals surface area contributed by atoms with E-state index in [2.05, 4.69) is 20.6 Å². The Balaban J connectivity index is 2.00. The van der Waals surface area contributed by atoms with Crippen molar-refractivity contribution in [2.24, 2.45) is 0 Å². The summed E-state index contributed by atoms with van der Waals surface area (Å²) in [6.07, 6.45) is 2.69. The van der Waals surface area contributed by atoms with Crippen molar-refractivity contribution in [3.63, 3.8) is 0 Å².